The number of carbonyl (C=O) groups excluding carboxylic acids is 1. The number of benzene rings is 2. The molecule has 2 heterocycles. The second-order valence-corrected chi connectivity index (χ2v) is 8.74. The topological polar surface area (TPSA) is 62.5 Å². The summed E-state index contributed by atoms with van der Waals surface area (Å²) < 4.78 is 7.42. The highest BCUT2D eigenvalue weighted by atomic mass is 79.9. The maximum Gasteiger partial charge on any atom is 0.282 e. The van der Waals surface area contributed by atoms with E-state index in [4.69, 9.17) is 4.52 Å². The molecule has 0 aliphatic carbocycles. The maximum atomic E-state index is 13.3. The Labute approximate surface area is 193 Å². The number of thiazole rings is 1. The Morgan fingerprint density at radius 3 is 2.60 bits per heavy atom. The first-order chi connectivity index (χ1) is 14.0. The number of carbonyl (C=O) groups is 1. The van der Waals surface area contributed by atoms with Crippen LogP contribution in [0.5, 0.6) is 0 Å². The lowest BCUT2D eigenvalue weighted by atomic mass is 10.1. The summed E-state index contributed by atoms with van der Waals surface area (Å²) in [5.41, 5.74) is 2.01. The first-order valence-corrected chi connectivity index (χ1v) is 10.7. The Morgan fingerprint density at radius 1 is 1.10 bits per heavy atom. The average Bonchev–Trinajstić information content (AvgIpc) is 3.35. The van der Waals surface area contributed by atoms with Crippen LogP contribution in [-0.2, 0) is 0 Å². The second-order valence-electron chi connectivity index (χ2n) is 6.81. The molecule has 1 amide bonds. The zero-order valence-electron chi connectivity index (χ0n) is 16.4. The van der Waals surface area contributed by atoms with E-state index >= 15 is 0 Å². The normalized spacial score (nSPS) is 10.9. The summed E-state index contributed by atoms with van der Waals surface area (Å²) in [7, 11) is 3.95. The number of rotatable bonds is 6. The standard InChI is InChI=1S/C21H19BrN4O2S.ClH/c1-25(2)10-11-26(21-23-16-9-8-15(22)12-19(16)29-21)20(27)17-13-18(28-24-17)14-6-4-3-5-7-14;/h3-9,12-13H,10-11H2,1-2H3;1H. The van der Waals surface area contributed by atoms with E-state index < -0.39 is 0 Å². The molecule has 2 aromatic heterocycles. The third kappa shape index (κ3) is 4.89. The smallest absolute Gasteiger partial charge is 0.282 e. The highest BCUT2D eigenvalue weighted by Gasteiger charge is 2.24. The summed E-state index contributed by atoms with van der Waals surface area (Å²) in [5.74, 6) is 0.339. The van der Waals surface area contributed by atoms with E-state index in [1.807, 2.05) is 67.5 Å². The SMILES string of the molecule is CN(C)CCN(C(=O)c1cc(-c2ccccc2)on1)c1nc2ccc(Br)cc2s1.Cl. The molecule has 0 spiro atoms. The van der Waals surface area contributed by atoms with Gasteiger partial charge in [-0.2, -0.15) is 0 Å². The predicted octanol–water partition coefficient (Wildman–Crippen LogP) is 5.34. The van der Waals surface area contributed by atoms with E-state index in [0.717, 1.165) is 20.3 Å². The summed E-state index contributed by atoms with van der Waals surface area (Å²) in [4.78, 5) is 21.7. The van der Waals surface area contributed by atoms with E-state index in [1.54, 1.807) is 11.0 Å². The van der Waals surface area contributed by atoms with Crippen molar-refractivity contribution < 1.29 is 9.32 Å². The van der Waals surface area contributed by atoms with E-state index in [9.17, 15) is 4.79 Å². The molecule has 0 fully saturated rings. The van der Waals surface area contributed by atoms with Gasteiger partial charge in [-0.1, -0.05) is 62.8 Å². The molecular formula is C21H20BrClN4O2S. The molecule has 2 aromatic carbocycles. The zero-order chi connectivity index (χ0) is 20.4. The lowest BCUT2D eigenvalue weighted by molar-refractivity contribution is 0.0976. The molecule has 0 unspecified atom stereocenters. The number of anilines is 1. The van der Waals surface area contributed by atoms with Gasteiger partial charge in [-0.25, -0.2) is 4.98 Å². The lowest BCUT2D eigenvalue weighted by Gasteiger charge is -2.20. The highest BCUT2D eigenvalue weighted by molar-refractivity contribution is 9.10. The maximum absolute atomic E-state index is 13.3. The third-order valence-corrected chi connectivity index (χ3v) is 5.91. The molecule has 0 N–H and O–H groups in total. The summed E-state index contributed by atoms with van der Waals surface area (Å²) in [5, 5.41) is 4.67. The van der Waals surface area contributed by atoms with Gasteiger partial charge >= 0.3 is 0 Å². The van der Waals surface area contributed by atoms with Crippen LogP contribution < -0.4 is 4.90 Å². The minimum absolute atomic E-state index is 0. The monoisotopic (exact) mass is 506 g/mol. The fourth-order valence-electron chi connectivity index (χ4n) is 2.84. The Morgan fingerprint density at radius 2 is 1.87 bits per heavy atom. The summed E-state index contributed by atoms with van der Waals surface area (Å²) >= 11 is 4.97. The molecule has 0 atom stereocenters. The fraction of sp³-hybridized carbons (Fsp3) is 0.190. The Bertz CT molecular complexity index is 1150. The van der Waals surface area contributed by atoms with Crippen LogP contribution in [0.1, 0.15) is 10.5 Å². The van der Waals surface area contributed by atoms with Crippen molar-refractivity contribution in [1.29, 1.82) is 0 Å². The van der Waals surface area contributed by atoms with Gasteiger partial charge in [0.2, 0.25) is 0 Å². The molecule has 156 valence electrons. The summed E-state index contributed by atoms with van der Waals surface area (Å²) in [6, 6.07) is 17.2. The Balaban J connectivity index is 0.00000256. The summed E-state index contributed by atoms with van der Waals surface area (Å²) in [6.07, 6.45) is 0. The number of likely N-dealkylation sites (N-methyl/N-ethyl adjacent to an activating group) is 1. The molecular weight excluding hydrogens is 488 g/mol. The molecule has 0 saturated carbocycles. The molecule has 4 aromatic rings. The number of fused-ring (bicyclic) bond motifs is 1. The highest BCUT2D eigenvalue weighted by Crippen LogP contribution is 2.32. The molecule has 0 bridgehead atoms. The average molecular weight is 508 g/mol. The van der Waals surface area contributed by atoms with Crippen molar-refractivity contribution in [3.8, 4) is 11.3 Å². The zero-order valence-corrected chi connectivity index (χ0v) is 19.6. The quantitative estimate of drug-likeness (QED) is 0.352. The van der Waals surface area contributed by atoms with Crippen molar-refractivity contribution in [2.45, 2.75) is 0 Å². The Kier molecular flexibility index (Phi) is 7.25. The van der Waals surface area contributed by atoms with Gasteiger partial charge in [0.25, 0.3) is 5.91 Å². The van der Waals surface area contributed by atoms with Crippen LogP contribution in [0.25, 0.3) is 21.5 Å². The Hall–Kier alpha value is -2.26. The largest absolute Gasteiger partial charge is 0.355 e. The van der Waals surface area contributed by atoms with Gasteiger partial charge in [0.15, 0.2) is 16.6 Å². The molecule has 30 heavy (non-hydrogen) atoms. The molecule has 0 aliphatic rings. The fourth-order valence-corrected chi connectivity index (χ4v) is 4.38. The van der Waals surface area contributed by atoms with Crippen LogP contribution in [-0.4, -0.2) is 48.1 Å². The van der Waals surface area contributed by atoms with Crippen molar-refractivity contribution in [1.82, 2.24) is 15.0 Å². The van der Waals surface area contributed by atoms with Crippen molar-refractivity contribution in [2.75, 3.05) is 32.1 Å². The van der Waals surface area contributed by atoms with Crippen molar-refractivity contribution in [2.24, 2.45) is 0 Å². The number of nitrogens with zero attached hydrogens (tertiary/aromatic N) is 4. The molecule has 0 radical (unpaired) electrons. The molecule has 0 saturated heterocycles. The number of halogens is 2. The van der Waals surface area contributed by atoms with E-state index in [2.05, 4.69) is 26.1 Å². The second kappa shape index (κ2) is 9.70. The third-order valence-electron chi connectivity index (χ3n) is 4.37. The molecule has 4 rings (SSSR count). The lowest BCUT2D eigenvalue weighted by Crippen LogP contribution is -2.36. The van der Waals surface area contributed by atoms with Gasteiger partial charge in [-0.05, 0) is 32.3 Å². The van der Waals surface area contributed by atoms with Crippen molar-refractivity contribution >= 4 is 60.9 Å². The number of hydrogen-bond acceptors (Lipinski definition) is 6. The number of amides is 1. The molecule has 9 heteroatoms. The van der Waals surface area contributed by atoms with Gasteiger partial charge < -0.3 is 9.42 Å². The molecule has 0 aliphatic heterocycles. The van der Waals surface area contributed by atoms with Crippen LogP contribution in [0.3, 0.4) is 0 Å². The van der Waals surface area contributed by atoms with Crippen LogP contribution in [0.4, 0.5) is 5.13 Å². The number of hydrogen-bond donors (Lipinski definition) is 0. The van der Waals surface area contributed by atoms with E-state index in [1.165, 1.54) is 11.3 Å². The first kappa shape index (κ1) is 22.4. The predicted molar refractivity (Wildman–Crippen MR) is 127 cm³/mol. The number of aromatic nitrogens is 2. The van der Waals surface area contributed by atoms with Gasteiger partial charge in [0.05, 0.1) is 10.2 Å². The minimum atomic E-state index is -0.226. The van der Waals surface area contributed by atoms with Gasteiger partial charge in [0, 0.05) is 29.2 Å². The summed E-state index contributed by atoms with van der Waals surface area (Å²) in [6.45, 7) is 1.20. The van der Waals surface area contributed by atoms with E-state index in [0.29, 0.717) is 24.0 Å². The van der Waals surface area contributed by atoms with Crippen LogP contribution in [0.2, 0.25) is 0 Å². The van der Waals surface area contributed by atoms with Crippen molar-refractivity contribution in [3.05, 3.63) is 64.8 Å². The van der Waals surface area contributed by atoms with Crippen molar-refractivity contribution in [3.63, 3.8) is 0 Å². The minimum Gasteiger partial charge on any atom is -0.355 e. The van der Waals surface area contributed by atoms with E-state index in [-0.39, 0.29) is 24.0 Å². The van der Waals surface area contributed by atoms with Crippen LogP contribution >= 0.6 is 39.7 Å². The van der Waals surface area contributed by atoms with Gasteiger partial charge in [-0.3, -0.25) is 9.69 Å². The first-order valence-electron chi connectivity index (χ1n) is 9.06. The van der Waals surface area contributed by atoms with Gasteiger partial charge in [-0.15, -0.1) is 12.4 Å². The van der Waals surface area contributed by atoms with Gasteiger partial charge in [0.1, 0.15) is 0 Å². The van der Waals surface area contributed by atoms with Crippen LogP contribution in [0, 0.1) is 0 Å². The van der Waals surface area contributed by atoms with Crippen LogP contribution in [0.15, 0.2) is 63.6 Å². The molecule has 6 nitrogen and oxygen atoms in total.